The summed E-state index contributed by atoms with van der Waals surface area (Å²) in [5.41, 5.74) is 7.99. The quantitative estimate of drug-likeness (QED) is 0.123. The van der Waals surface area contributed by atoms with Crippen LogP contribution in [-0.4, -0.2) is 5.71 Å². The number of thiophene rings is 2. The van der Waals surface area contributed by atoms with Crippen LogP contribution in [0.5, 0.6) is 0 Å². The Morgan fingerprint density at radius 2 is 1.37 bits per heavy atom. The molecule has 1 atom stereocenters. The van der Waals surface area contributed by atoms with E-state index in [-0.39, 0.29) is 6.04 Å². The topological polar surface area (TPSA) is 12.4 Å². The van der Waals surface area contributed by atoms with Gasteiger partial charge in [0.2, 0.25) is 0 Å². The largest absolute Gasteiger partial charge is 0.277 e. The van der Waals surface area contributed by atoms with Gasteiger partial charge in [0.05, 0.1) is 6.04 Å². The van der Waals surface area contributed by atoms with Crippen LogP contribution in [0.15, 0.2) is 163 Å². The fourth-order valence-corrected chi connectivity index (χ4v) is 8.81. The molecular formula is C43H31NS2. The molecule has 0 aliphatic rings. The molecule has 0 spiro atoms. The van der Waals surface area contributed by atoms with Crippen molar-refractivity contribution in [3.63, 3.8) is 0 Å². The zero-order valence-electron chi connectivity index (χ0n) is 25.5. The fraction of sp³-hybridized carbons (Fsp3) is 0.0465. The molecule has 8 rings (SSSR count). The predicted molar refractivity (Wildman–Crippen MR) is 204 cm³/mol. The van der Waals surface area contributed by atoms with Crippen molar-refractivity contribution in [1.29, 1.82) is 0 Å². The summed E-state index contributed by atoms with van der Waals surface area (Å²) in [6.45, 7) is 6.64. The third-order valence-electron chi connectivity index (χ3n) is 8.70. The van der Waals surface area contributed by atoms with Crippen molar-refractivity contribution in [1.82, 2.24) is 0 Å². The normalized spacial score (nSPS) is 12.9. The third-order valence-corrected chi connectivity index (χ3v) is 11.0. The molecule has 0 N–H and O–H groups in total. The number of allylic oxidation sites excluding steroid dienone is 2. The lowest BCUT2D eigenvalue weighted by Gasteiger charge is -2.12. The number of rotatable bonds is 7. The van der Waals surface area contributed by atoms with E-state index in [9.17, 15) is 0 Å². The summed E-state index contributed by atoms with van der Waals surface area (Å²) in [6, 6.07) is 49.7. The molecule has 6 aromatic carbocycles. The molecule has 0 bridgehead atoms. The standard InChI is InChI=1S/C43H31NS2/c1-28(33-18-11-20-36-35-17-9-10-21-39(35)46-43(33)36)23-26-38(44-29(2)30-13-5-3-6-14-30)32-24-25-37-41(27-32)45-40-22-12-19-34(42(37)40)31-15-7-4-8-16-31/h3-27,38H,1H2,2H3/b26-23+,44-29?. The van der Waals surface area contributed by atoms with Crippen LogP contribution in [0.1, 0.15) is 29.7 Å². The second-order valence-electron chi connectivity index (χ2n) is 11.6. The number of aliphatic imine (C=N–C) groups is 1. The van der Waals surface area contributed by atoms with Gasteiger partial charge < -0.3 is 0 Å². The Bertz CT molecular complexity index is 2440. The minimum Gasteiger partial charge on any atom is -0.277 e. The summed E-state index contributed by atoms with van der Waals surface area (Å²) in [7, 11) is 0. The highest BCUT2D eigenvalue weighted by Gasteiger charge is 2.15. The van der Waals surface area contributed by atoms with Gasteiger partial charge in [-0.2, -0.15) is 0 Å². The van der Waals surface area contributed by atoms with Crippen LogP contribution in [0.4, 0.5) is 0 Å². The lowest BCUT2D eigenvalue weighted by atomic mass is 9.97. The molecule has 8 aromatic rings. The summed E-state index contributed by atoms with van der Waals surface area (Å²) >= 11 is 3.69. The van der Waals surface area contributed by atoms with Crippen LogP contribution in [0.2, 0.25) is 0 Å². The van der Waals surface area contributed by atoms with Gasteiger partial charge in [-0.3, -0.25) is 4.99 Å². The van der Waals surface area contributed by atoms with Crippen molar-refractivity contribution < 1.29 is 0 Å². The average molecular weight is 626 g/mol. The molecule has 0 amide bonds. The Hall–Kier alpha value is -5.09. The fourth-order valence-electron chi connectivity index (χ4n) is 6.37. The third kappa shape index (κ3) is 5.18. The van der Waals surface area contributed by atoms with E-state index in [1.165, 1.54) is 62.6 Å². The van der Waals surface area contributed by atoms with Gasteiger partial charge in [0.15, 0.2) is 0 Å². The first-order valence-electron chi connectivity index (χ1n) is 15.5. The maximum Gasteiger partial charge on any atom is 0.0937 e. The van der Waals surface area contributed by atoms with Crippen LogP contribution in [-0.2, 0) is 0 Å². The number of benzene rings is 6. The zero-order valence-corrected chi connectivity index (χ0v) is 27.1. The van der Waals surface area contributed by atoms with Crippen LogP contribution >= 0.6 is 22.7 Å². The average Bonchev–Trinajstić information content (AvgIpc) is 3.68. The van der Waals surface area contributed by atoms with E-state index in [2.05, 4.69) is 159 Å². The van der Waals surface area contributed by atoms with Crippen molar-refractivity contribution in [2.24, 2.45) is 4.99 Å². The Kier molecular flexibility index (Phi) is 7.42. The second kappa shape index (κ2) is 12.0. The van der Waals surface area contributed by atoms with Crippen molar-refractivity contribution in [2.75, 3.05) is 0 Å². The highest BCUT2D eigenvalue weighted by atomic mass is 32.1. The molecule has 0 saturated carbocycles. The molecule has 2 heterocycles. The monoisotopic (exact) mass is 625 g/mol. The summed E-state index contributed by atoms with van der Waals surface area (Å²) in [4.78, 5) is 5.30. The van der Waals surface area contributed by atoms with E-state index in [1.807, 2.05) is 28.7 Å². The molecule has 3 heteroatoms. The molecule has 0 aliphatic carbocycles. The molecule has 0 aliphatic heterocycles. The Morgan fingerprint density at radius 1 is 0.652 bits per heavy atom. The van der Waals surface area contributed by atoms with Gasteiger partial charge in [-0.15, -0.1) is 22.7 Å². The first-order chi connectivity index (χ1) is 22.6. The molecule has 0 saturated heterocycles. The van der Waals surface area contributed by atoms with Gasteiger partial charge in [0.1, 0.15) is 0 Å². The van der Waals surface area contributed by atoms with Crippen LogP contribution in [0, 0.1) is 0 Å². The summed E-state index contributed by atoms with van der Waals surface area (Å²) in [5.74, 6) is 0. The van der Waals surface area contributed by atoms with Gasteiger partial charge in [-0.1, -0.05) is 140 Å². The predicted octanol–water partition coefficient (Wildman–Crippen LogP) is 12.9. The smallest absolute Gasteiger partial charge is 0.0937 e. The lowest BCUT2D eigenvalue weighted by molar-refractivity contribution is 0.914. The Morgan fingerprint density at radius 3 is 2.22 bits per heavy atom. The van der Waals surface area contributed by atoms with Crippen molar-refractivity contribution in [2.45, 2.75) is 13.0 Å². The van der Waals surface area contributed by atoms with Crippen LogP contribution in [0.3, 0.4) is 0 Å². The summed E-state index contributed by atoms with van der Waals surface area (Å²) in [6.07, 6.45) is 4.37. The SMILES string of the molecule is C=C(/C=C/C(N=C(C)c1ccccc1)c1ccc2c(c1)sc1cccc(-c3ccccc3)c12)c1cccc2c1sc1ccccc12. The minimum atomic E-state index is -0.165. The first-order valence-corrected chi connectivity index (χ1v) is 17.2. The Balaban J connectivity index is 1.22. The molecule has 2 aromatic heterocycles. The molecule has 220 valence electrons. The van der Waals surface area contributed by atoms with Crippen LogP contribution in [0.25, 0.3) is 57.0 Å². The lowest BCUT2D eigenvalue weighted by Crippen LogP contribution is -2.00. The van der Waals surface area contributed by atoms with Gasteiger partial charge in [0.25, 0.3) is 0 Å². The molecule has 0 fully saturated rings. The van der Waals surface area contributed by atoms with E-state index in [0.717, 1.165) is 16.8 Å². The molecule has 46 heavy (non-hydrogen) atoms. The van der Waals surface area contributed by atoms with E-state index in [1.54, 1.807) is 0 Å². The minimum absolute atomic E-state index is 0.165. The van der Waals surface area contributed by atoms with E-state index in [4.69, 9.17) is 4.99 Å². The number of hydrogen-bond acceptors (Lipinski definition) is 3. The molecule has 1 nitrogen and oxygen atoms in total. The van der Waals surface area contributed by atoms with E-state index >= 15 is 0 Å². The first kappa shape index (κ1) is 28.4. The molecular weight excluding hydrogens is 595 g/mol. The van der Waals surface area contributed by atoms with Crippen molar-refractivity contribution in [3.8, 4) is 11.1 Å². The van der Waals surface area contributed by atoms with E-state index in [0.29, 0.717) is 0 Å². The van der Waals surface area contributed by atoms with Gasteiger partial charge in [-0.25, -0.2) is 0 Å². The van der Waals surface area contributed by atoms with Gasteiger partial charge in [-0.05, 0) is 58.5 Å². The number of hydrogen-bond donors (Lipinski definition) is 0. The maximum absolute atomic E-state index is 5.30. The molecule has 1 unspecified atom stereocenters. The highest BCUT2D eigenvalue weighted by molar-refractivity contribution is 7.26. The van der Waals surface area contributed by atoms with E-state index < -0.39 is 0 Å². The van der Waals surface area contributed by atoms with Gasteiger partial charge >= 0.3 is 0 Å². The summed E-state index contributed by atoms with van der Waals surface area (Å²) < 4.78 is 5.15. The summed E-state index contributed by atoms with van der Waals surface area (Å²) in [5, 5.41) is 5.19. The van der Waals surface area contributed by atoms with Crippen LogP contribution < -0.4 is 0 Å². The second-order valence-corrected chi connectivity index (χ2v) is 13.7. The molecule has 0 radical (unpaired) electrons. The number of fused-ring (bicyclic) bond motifs is 6. The highest BCUT2D eigenvalue weighted by Crippen LogP contribution is 2.42. The maximum atomic E-state index is 5.30. The number of nitrogens with zero attached hydrogens (tertiary/aromatic N) is 1. The van der Waals surface area contributed by atoms with Crippen molar-refractivity contribution >= 4 is 74.3 Å². The van der Waals surface area contributed by atoms with Crippen molar-refractivity contribution in [3.05, 3.63) is 175 Å². The zero-order chi connectivity index (χ0) is 31.0. The Labute approximate surface area is 277 Å². The van der Waals surface area contributed by atoms with Gasteiger partial charge in [0, 0.05) is 46.1 Å².